The number of benzene rings is 1. The minimum atomic E-state index is 0.588. The zero-order valence-electron chi connectivity index (χ0n) is 9.26. The van der Waals surface area contributed by atoms with Crippen molar-refractivity contribution in [1.82, 2.24) is 0 Å². The first-order valence-corrected chi connectivity index (χ1v) is 5.93. The Bertz CT molecular complexity index is 512. The molecule has 4 atom stereocenters. The normalized spacial score (nSPS) is 36.6. The van der Waals surface area contributed by atoms with Crippen LogP contribution in [0.25, 0.3) is 0 Å². The van der Waals surface area contributed by atoms with Gasteiger partial charge < -0.3 is 4.74 Å². The monoisotopic (exact) mass is 210 g/mol. The maximum absolute atomic E-state index is 5.33. The lowest BCUT2D eigenvalue weighted by Gasteiger charge is -2.48. The minimum absolute atomic E-state index is 0.588. The van der Waals surface area contributed by atoms with Gasteiger partial charge in [-0.25, -0.2) is 0 Å². The van der Waals surface area contributed by atoms with Crippen molar-refractivity contribution >= 4 is 0 Å². The summed E-state index contributed by atoms with van der Waals surface area (Å²) in [6.07, 6.45) is 9.52. The van der Waals surface area contributed by atoms with E-state index in [9.17, 15) is 0 Å². The summed E-state index contributed by atoms with van der Waals surface area (Å²) in [5, 5.41) is 0. The second-order valence-corrected chi connectivity index (χ2v) is 4.97. The Morgan fingerprint density at radius 2 is 1.56 bits per heavy atom. The summed E-state index contributed by atoms with van der Waals surface area (Å²) in [5.41, 5.74) is 3.00. The number of hydrogen-bond donors (Lipinski definition) is 0. The summed E-state index contributed by atoms with van der Waals surface area (Å²) in [6, 6.07) is 6.56. The van der Waals surface area contributed by atoms with Crippen LogP contribution in [0.15, 0.2) is 42.5 Å². The highest BCUT2D eigenvalue weighted by molar-refractivity contribution is 5.52. The fourth-order valence-electron chi connectivity index (χ4n) is 3.48. The Hall–Kier alpha value is -1.50. The van der Waals surface area contributed by atoms with Crippen molar-refractivity contribution in [2.75, 3.05) is 7.11 Å². The van der Waals surface area contributed by atoms with Crippen molar-refractivity contribution in [1.29, 1.82) is 0 Å². The van der Waals surface area contributed by atoms with Gasteiger partial charge in [-0.1, -0.05) is 30.4 Å². The number of allylic oxidation sites excluding steroid dienone is 4. The van der Waals surface area contributed by atoms with E-state index in [0.29, 0.717) is 11.8 Å². The molecule has 0 saturated heterocycles. The predicted molar refractivity (Wildman–Crippen MR) is 63.7 cm³/mol. The van der Waals surface area contributed by atoms with Crippen LogP contribution in [0.3, 0.4) is 0 Å². The number of hydrogen-bond acceptors (Lipinski definition) is 1. The topological polar surface area (TPSA) is 9.23 Å². The number of methoxy groups -OCH3 is 1. The molecule has 5 rings (SSSR count). The smallest absolute Gasteiger partial charge is 0.119 e. The summed E-state index contributed by atoms with van der Waals surface area (Å²) >= 11 is 0. The van der Waals surface area contributed by atoms with Gasteiger partial charge >= 0.3 is 0 Å². The molecule has 16 heavy (non-hydrogen) atoms. The van der Waals surface area contributed by atoms with E-state index in [1.807, 2.05) is 0 Å². The van der Waals surface area contributed by atoms with Gasteiger partial charge in [-0.05, 0) is 35.1 Å². The van der Waals surface area contributed by atoms with Gasteiger partial charge in [0, 0.05) is 11.8 Å². The van der Waals surface area contributed by atoms with Gasteiger partial charge in [-0.2, -0.15) is 0 Å². The number of rotatable bonds is 1. The minimum Gasteiger partial charge on any atom is -0.497 e. The number of ether oxygens (including phenoxy) is 1. The molecule has 0 amide bonds. The third-order valence-electron chi connectivity index (χ3n) is 4.37. The Labute approximate surface area is 95.4 Å². The lowest BCUT2D eigenvalue weighted by Crippen LogP contribution is -2.37. The van der Waals surface area contributed by atoms with Crippen LogP contribution < -0.4 is 4.74 Å². The van der Waals surface area contributed by atoms with E-state index in [0.717, 1.165) is 17.6 Å². The van der Waals surface area contributed by atoms with Crippen LogP contribution in [0.1, 0.15) is 23.0 Å². The van der Waals surface area contributed by atoms with Gasteiger partial charge in [0.15, 0.2) is 0 Å². The maximum Gasteiger partial charge on any atom is 0.119 e. The van der Waals surface area contributed by atoms with Gasteiger partial charge in [-0.3, -0.25) is 0 Å². The van der Waals surface area contributed by atoms with Gasteiger partial charge in [-0.15, -0.1) is 0 Å². The van der Waals surface area contributed by atoms with Gasteiger partial charge in [0.25, 0.3) is 0 Å². The molecular formula is C15H14O. The molecule has 0 radical (unpaired) electrons. The van der Waals surface area contributed by atoms with Crippen LogP contribution >= 0.6 is 0 Å². The lowest BCUT2D eigenvalue weighted by molar-refractivity contribution is 0.315. The largest absolute Gasteiger partial charge is 0.497 e. The van der Waals surface area contributed by atoms with Gasteiger partial charge in [0.1, 0.15) is 5.75 Å². The second-order valence-electron chi connectivity index (χ2n) is 4.97. The maximum atomic E-state index is 5.33. The standard InChI is InChI=1S/C15H14O/c1-16-9-2-3-13-11-6-7-14(15(13)8-9)12-5-4-10(11)12/h2-8,10-12,14H,1H3/t10-,11-,12+,14-/m1/s1. The lowest BCUT2D eigenvalue weighted by atomic mass is 9.55. The predicted octanol–water partition coefficient (Wildman–Crippen LogP) is 3.25. The molecular weight excluding hydrogens is 196 g/mol. The van der Waals surface area contributed by atoms with E-state index in [1.54, 1.807) is 7.11 Å². The van der Waals surface area contributed by atoms with Crippen molar-refractivity contribution in [2.24, 2.45) is 11.8 Å². The summed E-state index contributed by atoms with van der Waals surface area (Å²) in [6.45, 7) is 0. The molecule has 1 nitrogen and oxygen atoms in total. The summed E-state index contributed by atoms with van der Waals surface area (Å²) in [4.78, 5) is 0. The Morgan fingerprint density at radius 1 is 0.875 bits per heavy atom. The van der Waals surface area contributed by atoms with Crippen molar-refractivity contribution < 1.29 is 4.74 Å². The van der Waals surface area contributed by atoms with Crippen molar-refractivity contribution in [3.63, 3.8) is 0 Å². The van der Waals surface area contributed by atoms with Crippen molar-refractivity contribution in [3.8, 4) is 5.75 Å². The molecule has 80 valence electrons. The first-order chi connectivity index (χ1) is 7.88. The summed E-state index contributed by atoms with van der Waals surface area (Å²) < 4.78 is 5.33. The fraction of sp³-hybridized carbons (Fsp3) is 0.333. The first-order valence-electron chi connectivity index (χ1n) is 5.93. The third-order valence-corrected chi connectivity index (χ3v) is 4.37. The molecule has 0 unspecified atom stereocenters. The van der Waals surface area contributed by atoms with Crippen molar-refractivity contribution in [2.45, 2.75) is 11.8 Å². The van der Waals surface area contributed by atoms with Crippen LogP contribution in [-0.4, -0.2) is 7.11 Å². The molecule has 4 aliphatic carbocycles. The fourth-order valence-corrected chi connectivity index (χ4v) is 3.48. The highest BCUT2D eigenvalue weighted by atomic mass is 16.5. The van der Waals surface area contributed by atoms with E-state index in [2.05, 4.69) is 42.5 Å². The van der Waals surface area contributed by atoms with E-state index in [4.69, 9.17) is 4.74 Å². The van der Waals surface area contributed by atoms with Crippen LogP contribution in [0.4, 0.5) is 0 Å². The molecule has 4 aliphatic rings. The molecule has 0 aromatic heterocycles. The molecule has 0 saturated carbocycles. The average Bonchev–Trinajstić information content (AvgIpc) is 2.29. The Morgan fingerprint density at radius 3 is 2.19 bits per heavy atom. The Balaban J connectivity index is 1.91. The van der Waals surface area contributed by atoms with Crippen LogP contribution in [0.5, 0.6) is 5.75 Å². The van der Waals surface area contributed by atoms with Gasteiger partial charge in [0.2, 0.25) is 0 Å². The van der Waals surface area contributed by atoms with Crippen molar-refractivity contribution in [3.05, 3.63) is 53.6 Å². The zero-order valence-corrected chi connectivity index (χ0v) is 9.26. The molecule has 0 heterocycles. The highest BCUT2D eigenvalue weighted by Gasteiger charge is 2.45. The average molecular weight is 210 g/mol. The molecule has 0 fully saturated rings. The second kappa shape index (κ2) is 2.79. The van der Waals surface area contributed by atoms with Crippen LogP contribution in [-0.2, 0) is 0 Å². The van der Waals surface area contributed by atoms with Crippen LogP contribution in [0.2, 0.25) is 0 Å². The van der Waals surface area contributed by atoms with E-state index in [-0.39, 0.29) is 0 Å². The molecule has 1 aromatic rings. The zero-order chi connectivity index (χ0) is 10.7. The quantitative estimate of drug-likeness (QED) is 0.646. The molecule has 1 heteroatoms. The molecule has 0 aliphatic heterocycles. The SMILES string of the molecule is COc1ccc2c(c1)[C@@H]1C=C[C@@H]2[C@H]2C=C[C@@H]21. The first kappa shape index (κ1) is 8.63. The molecule has 1 aromatic carbocycles. The molecule has 2 bridgehead atoms. The molecule has 0 spiro atoms. The summed E-state index contributed by atoms with van der Waals surface area (Å²) in [5.74, 6) is 3.69. The van der Waals surface area contributed by atoms with E-state index in [1.165, 1.54) is 11.1 Å². The van der Waals surface area contributed by atoms with E-state index < -0.39 is 0 Å². The van der Waals surface area contributed by atoms with E-state index >= 15 is 0 Å². The van der Waals surface area contributed by atoms with Crippen LogP contribution in [0, 0.1) is 11.8 Å². The van der Waals surface area contributed by atoms with Gasteiger partial charge in [0.05, 0.1) is 7.11 Å². The third kappa shape index (κ3) is 0.874. The highest BCUT2D eigenvalue weighted by Crippen LogP contribution is 2.56. The summed E-state index contributed by atoms with van der Waals surface area (Å²) in [7, 11) is 1.74. The molecule has 0 N–H and O–H groups in total. The Kier molecular flexibility index (Phi) is 1.50.